The number of nitrogens with one attached hydrogen (secondary N) is 2. The quantitative estimate of drug-likeness (QED) is 0.565. The van der Waals surface area contributed by atoms with Crippen molar-refractivity contribution in [1.82, 2.24) is 9.97 Å². The molecular formula is C16H18N4O4S2. The number of thiophene rings is 1. The predicted molar refractivity (Wildman–Crippen MR) is 103 cm³/mol. The molecule has 0 atom stereocenters. The highest BCUT2D eigenvalue weighted by molar-refractivity contribution is 7.80. The van der Waals surface area contributed by atoms with Crippen LogP contribution in [0, 0.1) is 6.92 Å². The maximum atomic E-state index is 12.3. The fourth-order valence-corrected chi connectivity index (χ4v) is 3.42. The van der Waals surface area contributed by atoms with Gasteiger partial charge in [0.2, 0.25) is 0 Å². The summed E-state index contributed by atoms with van der Waals surface area (Å²) in [6, 6.07) is 0. The lowest BCUT2D eigenvalue weighted by Crippen LogP contribution is -2.21. The predicted octanol–water partition coefficient (Wildman–Crippen LogP) is 3.01. The summed E-state index contributed by atoms with van der Waals surface area (Å²) in [6.45, 7) is 5.54. The highest BCUT2D eigenvalue weighted by Gasteiger charge is 2.26. The lowest BCUT2D eigenvalue weighted by Gasteiger charge is -2.10. The molecule has 26 heavy (non-hydrogen) atoms. The first-order valence-corrected chi connectivity index (χ1v) is 9.02. The number of ether oxygens (including phenoxy) is 2. The van der Waals surface area contributed by atoms with Crippen molar-refractivity contribution < 1.29 is 19.1 Å². The summed E-state index contributed by atoms with van der Waals surface area (Å²) in [7, 11) is 0. The van der Waals surface area contributed by atoms with Crippen LogP contribution in [0.1, 0.15) is 39.4 Å². The molecule has 2 aromatic heterocycles. The van der Waals surface area contributed by atoms with Crippen molar-refractivity contribution in [3.63, 3.8) is 0 Å². The second kappa shape index (κ2) is 9.20. The molecule has 2 aromatic rings. The lowest BCUT2D eigenvalue weighted by molar-refractivity contribution is 0.0527. The number of hydrogen-bond donors (Lipinski definition) is 2. The Morgan fingerprint density at radius 3 is 2.46 bits per heavy atom. The molecule has 2 heterocycles. The van der Waals surface area contributed by atoms with Gasteiger partial charge in [-0.1, -0.05) is 0 Å². The van der Waals surface area contributed by atoms with Gasteiger partial charge in [-0.2, -0.15) is 0 Å². The summed E-state index contributed by atoms with van der Waals surface area (Å²) >= 11 is 6.32. The summed E-state index contributed by atoms with van der Waals surface area (Å²) in [6.07, 6.45) is 4.56. The highest BCUT2D eigenvalue weighted by atomic mass is 32.1. The Labute approximate surface area is 159 Å². The van der Waals surface area contributed by atoms with Crippen LogP contribution in [0.15, 0.2) is 18.6 Å². The third-order valence-electron chi connectivity index (χ3n) is 3.12. The van der Waals surface area contributed by atoms with E-state index in [4.69, 9.17) is 21.7 Å². The smallest absolute Gasteiger partial charge is 0.348 e. The Bertz CT molecular complexity index is 808. The molecule has 0 radical (unpaired) electrons. The summed E-state index contributed by atoms with van der Waals surface area (Å²) in [5.74, 6) is -0.593. The molecule has 0 unspecified atom stereocenters. The molecule has 138 valence electrons. The Morgan fingerprint density at radius 1 is 1.15 bits per heavy atom. The molecule has 10 heteroatoms. The van der Waals surface area contributed by atoms with Crippen molar-refractivity contribution >= 4 is 51.4 Å². The molecule has 2 rings (SSSR count). The SMILES string of the molecule is CCOC(=O)c1sc(NC(=S)Nc2cnccn2)c(C(=O)OCC)c1C. The third kappa shape index (κ3) is 4.73. The van der Waals surface area contributed by atoms with Crippen LogP contribution >= 0.6 is 23.6 Å². The van der Waals surface area contributed by atoms with Crippen molar-refractivity contribution in [1.29, 1.82) is 0 Å². The summed E-state index contributed by atoms with van der Waals surface area (Å²) in [5, 5.41) is 6.37. The van der Waals surface area contributed by atoms with Crippen LogP contribution in [0.2, 0.25) is 0 Å². The minimum absolute atomic E-state index is 0.202. The van der Waals surface area contributed by atoms with Crippen LogP contribution in [-0.4, -0.2) is 40.2 Å². The van der Waals surface area contributed by atoms with Crippen LogP contribution in [0.4, 0.5) is 10.8 Å². The Morgan fingerprint density at radius 2 is 1.85 bits per heavy atom. The molecular weight excluding hydrogens is 376 g/mol. The minimum Gasteiger partial charge on any atom is -0.462 e. The molecule has 0 bridgehead atoms. The highest BCUT2D eigenvalue weighted by Crippen LogP contribution is 2.34. The Kier molecular flexibility index (Phi) is 6.98. The van der Waals surface area contributed by atoms with Crippen molar-refractivity contribution in [3.8, 4) is 0 Å². The van der Waals surface area contributed by atoms with E-state index in [1.165, 1.54) is 18.6 Å². The van der Waals surface area contributed by atoms with E-state index in [1.807, 2.05) is 0 Å². The zero-order chi connectivity index (χ0) is 19.1. The van der Waals surface area contributed by atoms with E-state index in [1.54, 1.807) is 20.8 Å². The van der Waals surface area contributed by atoms with Gasteiger partial charge in [0.15, 0.2) is 10.9 Å². The van der Waals surface area contributed by atoms with Gasteiger partial charge in [-0.3, -0.25) is 4.98 Å². The van der Waals surface area contributed by atoms with Crippen LogP contribution < -0.4 is 10.6 Å². The van der Waals surface area contributed by atoms with Crippen molar-refractivity contribution in [2.45, 2.75) is 20.8 Å². The number of anilines is 2. The topological polar surface area (TPSA) is 102 Å². The fourth-order valence-electron chi connectivity index (χ4n) is 2.06. The van der Waals surface area contributed by atoms with E-state index in [-0.39, 0.29) is 23.9 Å². The zero-order valence-corrected chi connectivity index (χ0v) is 16.1. The van der Waals surface area contributed by atoms with Gasteiger partial charge in [0.05, 0.1) is 25.0 Å². The first-order chi connectivity index (χ1) is 12.5. The minimum atomic E-state index is -0.540. The second-order valence-electron chi connectivity index (χ2n) is 4.87. The van der Waals surface area contributed by atoms with Crippen molar-refractivity contribution in [3.05, 3.63) is 34.6 Å². The largest absolute Gasteiger partial charge is 0.462 e. The van der Waals surface area contributed by atoms with Crippen LogP contribution in [0.3, 0.4) is 0 Å². The Balaban J connectivity index is 2.30. The molecule has 0 saturated heterocycles. The number of esters is 2. The van der Waals surface area contributed by atoms with Gasteiger partial charge in [-0.05, 0) is 38.6 Å². The first kappa shape index (κ1) is 19.7. The van der Waals surface area contributed by atoms with Crippen LogP contribution in [0.25, 0.3) is 0 Å². The maximum absolute atomic E-state index is 12.3. The van der Waals surface area contributed by atoms with Gasteiger partial charge < -0.3 is 20.1 Å². The van der Waals surface area contributed by atoms with E-state index < -0.39 is 11.9 Å². The Hall–Kier alpha value is -2.59. The number of nitrogens with zero attached hydrogens (tertiary/aromatic N) is 2. The van der Waals surface area contributed by atoms with E-state index in [0.717, 1.165) is 11.3 Å². The normalized spacial score (nSPS) is 10.1. The van der Waals surface area contributed by atoms with Gasteiger partial charge in [0.25, 0.3) is 0 Å². The van der Waals surface area contributed by atoms with E-state index >= 15 is 0 Å². The average Bonchev–Trinajstić information content (AvgIpc) is 2.92. The summed E-state index contributed by atoms with van der Waals surface area (Å²) in [5.41, 5.74) is 0.736. The average molecular weight is 394 g/mol. The lowest BCUT2D eigenvalue weighted by atomic mass is 10.1. The van der Waals surface area contributed by atoms with E-state index in [2.05, 4.69) is 20.6 Å². The van der Waals surface area contributed by atoms with Crippen LogP contribution in [0.5, 0.6) is 0 Å². The molecule has 0 aliphatic rings. The van der Waals surface area contributed by atoms with Gasteiger partial charge >= 0.3 is 11.9 Å². The van der Waals surface area contributed by atoms with E-state index in [9.17, 15) is 9.59 Å². The molecule has 0 aliphatic heterocycles. The van der Waals surface area contributed by atoms with Crippen molar-refractivity contribution in [2.24, 2.45) is 0 Å². The van der Waals surface area contributed by atoms with Gasteiger partial charge in [-0.15, -0.1) is 11.3 Å². The van der Waals surface area contributed by atoms with Gasteiger partial charge in [0.1, 0.15) is 9.88 Å². The number of carbonyl (C=O) groups excluding carboxylic acids is 2. The standard InChI is InChI=1S/C16H18N4O4S2/c1-4-23-14(21)11-9(3)12(15(22)24-5-2)26-13(11)20-16(25)19-10-8-17-6-7-18-10/h6-8H,4-5H2,1-3H3,(H2,18,19,20,25). The third-order valence-corrected chi connectivity index (χ3v) is 4.51. The molecule has 0 amide bonds. The molecule has 0 saturated carbocycles. The van der Waals surface area contributed by atoms with Crippen LogP contribution in [-0.2, 0) is 9.47 Å². The summed E-state index contributed by atoms with van der Waals surface area (Å²) < 4.78 is 10.1. The number of thiocarbonyl (C=S) groups is 1. The fraction of sp³-hybridized carbons (Fsp3) is 0.312. The summed E-state index contributed by atoms with van der Waals surface area (Å²) in [4.78, 5) is 32.8. The number of carbonyl (C=O) groups is 2. The monoisotopic (exact) mass is 394 g/mol. The number of aromatic nitrogens is 2. The molecule has 0 aromatic carbocycles. The maximum Gasteiger partial charge on any atom is 0.348 e. The molecule has 0 aliphatic carbocycles. The molecule has 0 fully saturated rings. The van der Waals surface area contributed by atoms with Crippen molar-refractivity contribution in [2.75, 3.05) is 23.8 Å². The van der Waals surface area contributed by atoms with E-state index in [0.29, 0.717) is 21.3 Å². The number of rotatable bonds is 6. The molecule has 2 N–H and O–H groups in total. The zero-order valence-electron chi connectivity index (χ0n) is 14.5. The van der Waals surface area contributed by atoms with Gasteiger partial charge in [-0.25, -0.2) is 14.6 Å². The molecule has 0 spiro atoms. The second-order valence-corrected chi connectivity index (χ2v) is 6.30. The first-order valence-electron chi connectivity index (χ1n) is 7.79. The van der Waals surface area contributed by atoms with Gasteiger partial charge in [0, 0.05) is 12.4 Å². The molecule has 8 nitrogen and oxygen atoms in total. The number of hydrogen-bond acceptors (Lipinski definition) is 8.